The van der Waals surface area contributed by atoms with E-state index in [4.69, 9.17) is 17.3 Å². The van der Waals surface area contributed by atoms with Crippen molar-refractivity contribution in [3.05, 3.63) is 35.9 Å². The zero-order valence-corrected chi connectivity index (χ0v) is 17.3. The molecule has 2 unspecified atom stereocenters. The molecule has 2 rings (SSSR count). The van der Waals surface area contributed by atoms with Crippen molar-refractivity contribution in [2.24, 2.45) is 11.7 Å². The molecule has 0 spiro atoms. The van der Waals surface area contributed by atoms with Crippen LogP contribution in [0.4, 0.5) is 4.39 Å². The van der Waals surface area contributed by atoms with Crippen molar-refractivity contribution in [1.82, 2.24) is 10.0 Å². The molecule has 11 heteroatoms. The van der Waals surface area contributed by atoms with Gasteiger partial charge in [-0.25, -0.2) is 17.5 Å². The second kappa shape index (κ2) is 9.19. The fraction of sp³-hybridized carbons (Fsp3) is 0.500. The van der Waals surface area contributed by atoms with Crippen LogP contribution in [0.1, 0.15) is 31.7 Å². The summed E-state index contributed by atoms with van der Waals surface area (Å²) in [5.74, 6) is -3.93. The van der Waals surface area contributed by atoms with Gasteiger partial charge in [0.05, 0.1) is 5.75 Å². The van der Waals surface area contributed by atoms with E-state index in [1.54, 1.807) is 30.3 Å². The Hall–Kier alpha value is -2.04. The summed E-state index contributed by atoms with van der Waals surface area (Å²) in [7, 11) is -3.92. The first-order valence-corrected chi connectivity index (χ1v) is 11.0. The van der Waals surface area contributed by atoms with Crippen molar-refractivity contribution in [2.75, 3.05) is 0 Å². The average Bonchev–Trinajstić information content (AvgIpc) is 3.44. The largest absolute Gasteiger partial charge is 0.367 e. The number of benzene rings is 1. The van der Waals surface area contributed by atoms with Crippen molar-refractivity contribution in [3.63, 3.8) is 0 Å². The minimum absolute atomic E-state index is 0.127. The summed E-state index contributed by atoms with van der Waals surface area (Å²) in [6.07, 6.45) is 1.82. The standard InChI is InChI=1S/C18H23ClFN3O5S/c1-18(17(21)26,14(24)15(19)20)22-16(25)13(9-11-7-8-11)23-29(27,28)10-12-5-3-2-4-6-12/h2-6,11,13,15,23H,7-10H2,1H3,(H2,21,26)(H,22,25)/t13-,15?,18?/m0/s1. The normalized spacial score (nSPS) is 18.3. The second-order valence-electron chi connectivity index (χ2n) is 7.24. The first kappa shape index (κ1) is 23.2. The van der Waals surface area contributed by atoms with Gasteiger partial charge < -0.3 is 11.1 Å². The van der Waals surface area contributed by atoms with Gasteiger partial charge in [0, 0.05) is 0 Å². The molecule has 160 valence electrons. The van der Waals surface area contributed by atoms with Gasteiger partial charge in [0.25, 0.3) is 5.91 Å². The van der Waals surface area contributed by atoms with Gasteiger partial charge in [-0.05, 0) is 24.8 Å². The van der Waals surface area contributed by atoms with E-state index in [2.05, 4.69) is 10.0 Å². The number of Topliss-reactive ketones (excluding diaryl/α,β-unsaturated/α-hetero) is 1. The highest BCUT2D eigenvalue weighted by molar-refractivity contribution is 7.88. The van der Waals surface area contributed by atoms with E-state index in [-0.39, 0.29) is 18.1 Å². The fourth-order valence-electron chi connectivity index (χ4n) is 2.74. The molecule has 0 bridgehead atoms. The van der Waals surface area contributed by atoms with Crippen molar-refractivity contribution in [3.8, 4) is 0 Å². The topological polar surface area (TPSA) is 135 Å². The number of rotatable bonds is 11. The number of carbonyl (C=O) groups excluding carboxylic acids is 3. The summed E-state index contributed by atoms with van der Waals surface area (Å²) in [5, 5.41) is 2.08. The lowest BCUT2D eigenvalue weighted by Gasteiger charge is -2.28. The predicted molar refractivity (Wildman–Crippen MR) is 105 cm³/mol. The summed E-state index contributed by atoms with van der Waals surface area (Å²) < 4.78 is 40.6. The van der Waals surface area contributed by atoms with E-state index < -0.39 is 44.8 Å². The minimum Gasteiger partial charge on any atom is -0.367 e. The zero-order chi connectivity index (χ0) is 21.8. The Labute approximate surface area is 173 Å². The number of nitrogens with two attached hydrogens (primary N) is 1. The molecule has 3 atom stereocenters. The molecule has 0 aliphatic heterocycles. The minimum atomic E-state index is -3.92. The van der Waals surface area contributed by atoms with Crippen LogP contribution in [0.15, 0.2) is 30.3 Å². The van der Waals surface area contributed by atoms with Crippen molar-refractivity contribution in [2.45, 2.75) is 49.2 Å². The third-order valence-electron chi connectivity index (χ3n) is 4.66. The maximum atomic E-state index is 13.3. The third-order valence-corrected chi connectivity index (χ3v) is 6.22. The van der Waals surface area contributed by atoms with E-state index in [0.29, 0.717) is 5.56 Å². The Morgan fingerprint density at radius 3 is 2.34 bits per heavy atom. The van der Waals surface area contributed by atoms with Crippen LogP contribution in [-0.2, 0) is 30.2 Å². The molecule has 0 aromatic heterocycles. The Morgan fingerprint density at radius 2 is 1.86 bits per heavy atom. The molecular weight excluding hydrogens is 425 g/mol. The van der Waals surface area contributed by atoms with Gasteiger partial charge in [0.1, 0.15) is 6.04 Å². The van der Waals surface area contributed by atoms with E-state index in [0.717, 1.165) is 19.8 Å². The van der Waals surface area contributed by atoms with Crippen LogP contribution in [0.25, 0.3) is 0 Å². The number of carbonyl (C=O) groups is 3. The highest BCUT2D eigenvalue weighted by Crippen LogP contribution is 2.34. The predicted octanol–water partition coefficient (Wildman–Crippen LogP) is 0.738. The molecule has 1 aliphatic carbocycles. The Kier molecular flexibility index (Phi) is 7.36. The number of alkyl halides is 2. The van der Waals surface area contributed by atoms with Crippen molar-refractivity contribution < 1.29 is 27.2 Å². The van der Waals surface area contributed by atoms with Gasteiger partial charge in [-0.1, -0.05) is 54.8 Å². The molecule has 1 fully saturated rings. The molecule has 1 saturated carbocycles. The molecular formula is C18H23ClFN3O5S. The Bertz CT molecular complexity index is 877. The Morgan fingerprint density at radius 1 is 1.28 bits per heavy atom. The molecule has 1 aromatic carbocycles. The zero-order valence-electron chi connectivity index (χ0n) is 15.7. The summed E-state index contributed by atoms with van der Waals surface area (Å²) >= 11 is 5.12. The highest BCUT2D eigenvalue weighted by atomic mass is 35.5. The van der Waals surface area contributed by atoms with Crippen LogP contribution in [0.5, 0.6) is 0 Å². The summed E-state index contributed by atoms with van der Waals surface area (Å²) in [5.41, 5.74) is 0.704. The molecule has 0 heterocycles. The van der Waals surface area contributed by atoms with Gasteiger partial charge in [-0.3, -0.25) is 14.4 Å². The summed E-state index contributed by atoms with van der Waals surface area (Å²) in [6, 6.07) is 7.10. The molecule has 0 radical (unpaired) electrons. The number of ketones is 1. The van der Waals surface area contributed by atoms with Crippen LogP contribution in [0.3, 0.4) is 0 Å². The quantitative estimate of drug-likeness (QED) is 0.339. The summed E-state index contributed by atoms with van der Waals surface area (Å²) in [6.45, 7) is 0.928. The lowest BCUT2D eigenvalue weighted by Crippen LogP contribution is -2.65. The number of halogens is 2. The monoisotopic (exact) mass is 447 g/mol. The van der Waals surface area contributed by atoms with E-state index in [1.165, 1.54) is 0 Å². The maximum absolute atomic E-state index is 13.3. The molecule has 2 amide bonds. The van der Waals surface area contributed by atoms with E-state index >= 15 is 0 Å². The van der Waals surface area contributed by atoms with Crippen LogP contribution in [0, 0.1) is 5.92 Å². The smallest absolute Gasteiger partial charge is 0.250 e. The van der Waals surface area contributed by atoms with Gasteiger partial charge in [0.2, 0.25) is 27.3 Å². The molecule has 1 aliphatic rings. The maximum Gasteiger partial charge on any atom is 0.250 e. The van der Waals surface area contributed by atoms with Crippen molar-refractivity contribution >= 4 is 39.2 Å². The van der Waals surface area contributed by atoms with Crippen molar-refractivity contribution in [1.29, 1.82) is 0 Å². The van der Waals surface area contributed by atoms with Gasteiger partial charge >= 0.3 is 0 Å². The first-order chi connectivity index (χ1) is 13.4. The number of primary amides is 1. The van der Waals surface area contributed by atoms with Gasteiger partial charge in [0.15, 0.2) is 5.54 Å². The highest BCUT2D eigenvalue weighted by Gasteiger charge is 2.46. The van der Waals surface area contributed by atoms with Crippen LogP contribution in [0.2, 0.25) is 0 Å². The van der Waals surface area contributed by atoms with Crippen LogP contribution < -0.4 is 15.8 Å². The molecule has 8 nitrogen and oxygen atoms in total. The van der Waals surface area contributed by atoms with E-state index in [9.17, 15) is 27.2 Å². The van der Waals surface area contributed by atoms with Crippen LogP contribution in [-0.4, -0.2) is 43.2 Å². The van der Waals surface area contributed by atoms with Crippen LogP contribution >= 0.6 is 11.6 Å². The second-order valence-corrected chi connectivity index (χ2v) is 9.37. The number of hydrogen-bond donors (Lipinski definition) is 3. The average molecular weight is 448 g/mol. The fourth-order valence-corrected chi connectivity index (χ4v) is 4.31. The number of nitrogens with one attached hydrogen (secondary N) is 2. The number of sulfonamides is 1. The van der Waals surface area contributed by atoms with Gasteiger partial charge in [-0.15, -0.1) is 0 Å². The third kappa shape index (κ3) is 6.48. The summed E-state index contributed by atoms with van der Waals surface area (Å²) in [4.78, 5) is 36.4. The number of amides is 2. The lowest BCUT2D eigenvalue weighted by molar-refractivity contribution is -0.141. The lowest BCUT2D eigenvalue weighted by atomic mass is 9.95. The van der Waals surface area contributed by atoms with Gasteiger partial charge in [-0.2, -0.15) is 0 Å². The SMILES string of the molecule is CC(NC(=O)[C@H](CC1CC1)NS(=O)(=O)Cc1ccccc1)(C(N)=O)C(=O)C(F)Cl. The first-order valence-electron chi connectivity index (χ1n) is 8.93. The molecule has 29 heavy (non-hydrogen) atoms. The molecule has 4 N–H and O–H groups in total. The molecule has 0 saturated heterocycles. The molecule has 1 aromatic rings. The Balaban J connectivity index is 2.19. The number of hydrogen-bond acceptors (Lipinski definition) is 5. The van der Waals surface area contributed by atoms with E-state index in [1.807, 2.05) is 0 Å².